The maximum Gasteiger partial charge on any atom is 0.231 e. The third kappa shape index (κ3) is 3.30. The van der Waals surface area contributed by atoms with Crippen molar-refractivity contribution in [3.63, 3.8) is 0 Å². The molecule has 0 radical (unpaired) electrons. The quantitative estimate of drug-likeness (QED) is 0.874. The molecule has 1 aromatic rings. The lowest BCUT2D eigenvalue weighted by molar-refractivity contribution is -0.130. The van der Waals surface area contributed by atoms with Crippen molar-refractivity contribution in [2.75, 3.05) is 25.6 Å². The fourth-order valence-electron chi connectivity index (χ4n) is 2.16. The van der Waals surface area contributed by atoms with Crippen LogP contribution in [-0.2, 0) is 14.3 Å². The summed E-state index contributed by atoms with van der Waals surface area (Å²) in [5.74, 6) is -0.449. The first-order valence-corrected chi connectivity index (χ1v) is 6.98. The summed E-state index contributed by atoms with van der Waals surface area (Å²) in [5, 5.41) is 5.10. The Labute approximate surface area is 115 Å². The van der Waals surface area contributed by atoms with Gasteiger partial charge in [0.2, 0.25) is 11.8 Å². The molecule has 104 valence electrons. The van der Waals surface area contributed by atoms with Gasteiger partial charge in [0.05, 0.1) is 18.6 Å². The zero-order chi connectivity index (χ0) is 13.8. The van der Waals surface area contributed by atoms with Gasteiger partial charge in [0, 0.05) is 31.7 Å². The van der Waals surface area contributed by atoms with Crippen molar-refractivity contribution in [1.29, 1.82) is 0 Å². The van der Waals surface area contributed by atoms with Crippen LogP contribution in [0.15, 0.2) is 11.6 Å². The lowest BCUT2D eigenvalue weighted by Crippen LogP contribution is -2.38. The molecule has 1 saturated heterocycles. The van der Waals surface area contributed by atoms with Crippen LogP contribution in [0.3, 0.4) is 0 Å². The zero-order valence-corrected chi connectivity index (χ0v) is 11.8. The second kappa shape index (κ2) is 6.12. The third-order valence-electron chi connectivity index (χ3n) is 3.13. The van der Waals surface area contributed by atoms with Gasteiger partial charge in [-0.2, -0.15) is 0 Å². The van der Waals surface area contributed by atoms with Crippen molar-refractivity contribution < 1.29 is 14.3 Å². The highest BCUT2D eigenvalue weighted by Gasteiger charge is 2.36. The van der Waals surface area contributed by atoms with E-state index in [0.29, 0.717) is 18.3 Å². The largest absolute Gasteiger partial charge is 0.383 e. The van der Waals surface area contributed by atoms with E-state index in [2.05, 4.69) is 10.3 Å². The normalized spacial score (nSPS) is 20.6. The Morgan fingerprint density at radius 2 is 2.53 bits per heavy atom. The summed E-state index contributed by atoms with van der Waals surface area (Å²) in [4.78, 5) is 29.6. The Bertz CT molecular complexity index is 449. The summed E-state index contributed by atoms with van der Waals surface area (Å²) in [6.45, 7) is 2.84. The highest BCUT2D eigenvalue weighted by atomic mass is 32.1. The number of thiazole rings is 1. The van der Waals surface area contributed by atoms with Gasteiger partial charge in [0.1, 0.15) is 0 Å². The van der Waals surface area contributed by atoms with Crippen molar-refractivity contribution >= 4 is 28.3 Å². The van der Waals surface area contributed by atoms with E-state index in [-0.39, 0.29) is 30.2 Å². The second-order valence-corrected chi connectivity index (χ2v) is 5.47. The monoisotopic (exact) mass is 283 g/mol. The average molecular weight is 283 g/mol. The van der Waals surface area contributed by atoms with Gasteiger partial charge in [-0.15, -0.1) is 11.3 Å². The minimum absolute atomic E-state index is 0.00355. The first-order chi connectivity index (χ1) is 9.11. The second-order valence-electron chi connectivity index (χ2n) is 4.58. The van der Waals surface area contributed by atoms with E-state index >= 15 is 0 Å². The predicted molar refractivity (Wildman–Crippen MR) is 71.9 cm³/mol. The Kier molecular flexibility index (Phi) is 4.49. The molecule has 1 aliphatic rings. The molecule has 2 rings (SSSR count). The van der Waals surface area contributed by atoms with Crippen LogP contribution in [0.1, 0.15) is 13.3 Å². The number of likely N-dealkylation sites (tertiary alicyclic amines) is 1. The minimum Gasteiger partial charge on any atom is -0.383 e. The maximum absolute atomic E-state index is 12.0. The fourth-order valence-corrected chi connectivity index (χ4v) is 2.69. The summed E-state index contributed by atoms with van der Waals surface area (Å²) in [6, 6.07) is -0.00448. The summed E-state index contributed by atoms with van der Waals surface area (Å²) in [7, 11) is 1.60. The van der Waals surface area contributed by atoms with Crippen molar-refractivity contribution in [3.8, 4) is 0 Å². The molecule has 0 unspecified atom stereocenters. The van der Waals surface area contributed by atoms with Gasteiger partial charge in [0.15, 0.2) is 5.13 Å². The maximum atomic E-state index is 12.0. The van der Waals surface area contributed by atoms with Crippen molar-refractivity contribution in [2.45, 2.75) is 19.4 Å². The van der Waals surface area contributed by atoms with E-state index in [9.17, 15) is 9.59 Å². The van der Waals surface area contributed by atoms with Gasteiger partial charge < -0.3 is 15.0 Å². The number of methoxy groups -OCH3 is 1. The number of hydrogen-bond acceptors (Lipinski definition) is 5. The van der Waals surface area contributed by atoms with Gasteiger partial charge in [0.25, 0.3) is 0 Å². The summed E-state index contributed by atoms with van der Waals surface area (Å²) in [5.41, 5.74) is 0. The lowest BCUT2D eigenvalue weighted by atomic mass is 10.1. The van der Waals surface area contributed by atoms with Crippen LogP contribution < -0.4 is 5.32 Å². The van der Waals surface area contributed by atoms with E-state index in [1.807, 2.05) is 6.92 Å². The van der Waals surface area contributed by atoms with Gasteiger partial charge in [-0.3, -0.25) is 9.59 Å². The number of aromatic nitrogens is 1. The van der Waals surface area contributed by atoms with Crippen molar-refractivity contribution in [3.05, 3.63) is 11.6 Å². The molecule has 2 atom stereocenters. The van der Waals surface area contributed by atoms with Crippen LogP contribution in [0.25, 0.3) is 0 Å². The Morgan fingerprint density at radius 1 is 1.74 bits per heavy atom. The number of carbonyl (C=O) groups is 2. The summed E-state index contributed by atoms with van der Waals surface area (Å²) < 4.78 is 5.04. The van der Waals surface area contributed by atoms with E-state index < -0.39 is 0 Å². The molecule has 6 nitrogen and oxygen atoms in total. The number of hydrogen-bond donors (Lipinski definition) is 1. The SMILES string of the molecule is COC[C@@H](C)N1C[C@@H](C(=O)Nc2nccs2)CC1=O. The Hall–Kier alpha value is -1.47. The number of carbonyl (C=O) groups excluding carboxylic acids is 2. The molecule has 1 aromatic heterocycles. The van der Waals surface area contributed by atoms with Crippen LogP contribution in [0.5, 0.6) is 0 Å². The van der Waals surface area contributed by atoms with Crippen molar-refractivity contribution in [2.24, 2.45) is 5.92 Å². The smallest absolute Gasteiger partial charge is 0.231 e. The van der Waals surface area contributed by atoms with Gasteiger partial charge >= 0.3 is 0 Å². The molecule has 1 fully saturated rings. The number of rotatable bonds is 5. The number of anilines is 1. The van der Waals surface area contributed by atoms with Gasteiger partial charge in [-0.25, -0.2) is 4.98 Å². The standard InChI is InChI=1S/C12H17N3O3S/c1-8(7-18-2)15-6-9(5-10(15)16)11(17)14-12-13-3-4-19-12/h3-4,8-9H,5-7H2,1-2H3,(H,13,14,17)/t8-,9+/m1/s1. The highest BCUT2D eigenvalue weighted by Crippen LogP contribution is 2.22. The van der Waals surface area contributed by atoms with E-state index in [0.717, 1.165) is 0 Å². The molecule has 2 heterocycles. The molecule has 1 N–H and O–H groups in total. The molecule has 0 spiro atoms. The molecular formula is C12H17N3O3S. The molecule has 0 aliphatic carbocycles. The molecule has 0 aromatic carbocycles. The van der Waals surface area contributed by atoms with E-state index in [1.165, 1.54) is 11.3 Å². The Morgan fingerprint density at radius 3 is 3.16 bits per heavy atom. The van der Waals surface area contributed by atoms with Gasteiger partial charge in [-0.1, -0.05) is 0 Å². The van der Waals surface area contributed by atoms with E-state index in [1.54, 1.807) is 23.6 Å². The van der Waals surface area contributed by atoms with Crippen LogP contribution in [0, 0.1) is 5.92 Å². The molecule has 7 heteroatoms. The summed E-state index contributed by atoms with van der Waals surface area (Å²) >= 11 is 1.36. The van der Waals surface area contributed by atoms with Crippen molar-refractivity contribution in [1.82, 2.24) is 9.88 Å². The van der Waals surface area contributed by atoms with Gasteiger partial charge in [-0.05, 0) is 6.92 Å². The molecule has 19 heavy (non-hydrogen) atoms. The van der Waals surface area contributed by atoms with Crippen LogP contribution in [-0.4, -0.2) is 48.0 Å². The number of nitrogens with zero attached hydrogens (tertiary/aromatic N) is 2. The predicted octanol–water partition coefficient (Wildman–Crippen LogP) is 0.965. The highest BCUT2D eigenvalue weighted by molar-refractivity contribution is 7.13. The first-order valence-electron chi connectivity index (χ1n) is 6.10. The molecule has 0 saturated carbocycles. The first kappa shape index (κ1) is 14.0. The number of ether oxygens (including phenoxy) is 1. The molecule has 0 bridgehead atoms. The average Bonchev–Trinajstić information content (AvgIpc) is 2.98. The third-order valence-corrected chi connectivity index (χ3v) is 3.82. The molecule has 2 amide bonds. The molecule has 1 aliphatic heterocycles. The number of nitrogens with one attached hydrogen (secondary N) is 1. The topological polar surface area (TPSA) is 71.5 Å². The summed E-state index contributed by atoms with van der Waals surface area (Å²) in [6.07, 6.45) is 1.89. The minimum atomic E-state index is -0.310. The Balaban J connectivity index is 1.93. The molecular weight excluding hydrogens is 266 g/mol. The number of amides is 2. The van der Waals surface area contributed by atoms with Crippen LogP contribution in [0.2, 0.25) is 0 Å². The van der Waals surface area contributed by atoms with E-state index in [4.69, 9.17) is 4.74 Å². The van der Waals surface area contributed by atoms with Crippen LogP contribution >= 0.6 is 11.3 Å². The lowest BCUT2D eigenvalue weighted by Gasteiger charge is -2.23. The zero-order valence-electron chi connectivity index (χ0n) is 11.0. The van der Waals surface area contributed by atoms with Crippen LogP contribution in [0.4, 0.5) is 5.13 Å². The fraction of sp³-hybridized carbons (Fsp3) is 0.583.